The lowest BCUT2D eigenvalue weighted by Crippen LogP contribution is -1.94. The second kappa shape index (κ2) is 6.62. The van der Waals surface area contributed by atoms with E-state index in [0.29, 0.717) is 5.88 Å². The van der Waals surface area contributed by atoms with Crippen LogP contribution in [0.15, 0.2) is 17.4 Å². The van der Waals surface area contributed by atoms with Gasteiger partial charge in [0, 0.05) is 31.7 Å². The summed E-state index contributed by atoms with van der Waals surface area (Å²) in [7, 11) is 3.30. The van der Waals surface area contributed by atoms with Crippen molar-refractivity contribution in [2.24, 2.45) is 0 Å². The molecule has 0 radical (unpaired) electrons. The standard InChI is InChI=1S/C9H14N2O2S/c1-12-6-3-7-14-9-10-5-4-8(11-9)13-2/h4-5H,3,6-7H2,1-2H3. The quantitative estimate of drug-likeness (QED) is 0.409. The Morgan fingerprint density at radius 1 is 1.43 bits per heavy atom. The molecule has 0 aliphatic heterocycles. The summed E-state index contributed by atoms with van der Waals surface area (Å²) in [5.41, 5.74) is 0. The molecule has 1 rings (SSSR count). The van der Waals surface area contributed by atoms with Crippen LogP contribution in [0.2, 0.25) is 0 Å². The van der Waals surface area contributed by atoms with Gasteiger partial charge in [-0.25, -0.2) is 4.98 Å². The van der Waals surface area contributed by atoms with Gasteiger partial charge < -0.3 is 9.47 Å². The number of thioether (sulfide) groups is 1. The van der Waals surface area contributed by atoms with Crippen molar-refractivity contribution in [3.8, 4) is 5.88 Å². The van der Waals surface area contributed by atoms with Crippen LogP contribution in [0.3, 0.4) is 0 Å². The number of aromatic nitrogens is 2. The molecule has 0 aliphatic carbocycles. The molecule has 14 heavy (non-hydrogen) atoms. The molecule has 0 saturated heterocycles. The number of nitrogens with zero attached hydrogens (tertiary/aromatic N) is 2. The van der Waals surface area contributed by atoms with E-state index in [1.54, 1.807) is 38.2 Å². The van der Waals surface area contributed by atoms with E-state index in [0.717, 1.165) is 23.9 Å². The zero-order valence-electron chi connectivity index (χ0n) is 8.40. The van der Waals surface area contributed by atoms with E-state index in [1.165, 1.54) is 0 Å². The topological polar surface area (TPSA) is 44.2 Å². The molecule has 4 nitrogen and oxygen atoms in total. The van der Waals surface area contributed by atoms with Crippen LogP contribution in [0.25, 0.3) is 0 Å². The van der Waals surface area contributed by atoms with Crippen LogP contribution in [0.1, 0.15) is 6.42 Å². The van der Waals surface area contributed by atoms with Crippen LogP contribution in [-0.2, 0) is 4.74 Å². The average molecular weight is 214 g/mol. The highest BCUT2D eigenvalue weighted by atomic mass is 32.2. The van der Waals surface area contributed by atoms with Gasteiger partial charge >= 0.3 is 0 Å². The van der Waals surface area contributed by atoms with Crippen molar-refractivity contribution in [3.05, 3.63) is 12.3 Å². The third kappa shape index (κ3) is 3.93. The third-order valence-electron chi connectivity index (χ3n) is 1.54. The maximum Gasteiger partial charge on any atom is 0.216 e. The van der Waals surface area contributed by atoms with Crippen molar-refractivity contribution < 1.29 is 9.47 Å². The van der Waals surface area contributed by atoms with Crippen molar-refractivity contribution >= 4 is 11.8 Å². The first-order chi connectivity index (χ1) is 6.86. The first-order valence-corrected chi connectivity index (χ1v) is 5.34. The predicted molar refractivity (Wildman–Crippen MR) is 55.8 cm³/mol. The maximum atomic E-state index is 4.99. The Hall–Kier alpha value is -0.810. The Balaban J connectivity index is 2.34. The Morgan fingerprint density at radius 2 is 2.29 bits per heavy atom. The van der Waals surface area contributed by atoms with Gasteiger partial charge in [-0.3, -0.25) is 0 Å². The van der Waals surface area contributed by atoms with Gasteiger partial charge in [0.05, 0.1) is 7.11 Å². The number of hydrogen-bond acceptors (Lipinski definition) is 5. The second-order valence-corrected chi connectivity index (χ2v) is 3.64. The molecular weight excluding hydrogens is 200 g/mol. The molecule has 0 saturated carbocycles. The minimum absolute atomic E-state index is 0.606. The van der Waals surface area contributed by atoms with E-state index in [4.69, 9.17) is 9.47 Å². The van der Waals surface area contributed by atoms with E-state index in [-0.39, 0.29) is 0 Å². The molecule has 0 aromatic carbocycles. The fourth-order valence-electron chi connectivity index (χ4n) is 0.875. The molecule has 0 aliphatic rings. The van der Waals surface area contributed by atoms with E-state index in [9.17, 15) is 0 Å². The summed E-state index contributed by atoms with van der Waals surface area (Å²) < 4.78 is 9.94. The fourth-order valence-corrected chi connectivity index (χ4v) is 1.61. The highest BCUT2D eigenvalue weighted by Crippen LogP contribution is 2.15. The summed E-state index contributed by atoms with van der Waals surface area (Å²) in [4.78, 5) is 8.29. The van der Waals surface area contributed by atoms with Gasteiger partial charge in [-0.2, -0.15) is 4.98 Å². The van der Waals surface area contributed by atoms with Crippen LogP contribution >= 0.6 is 11.8 Å². The van der Waals surface area contributed by atoms with Crippen molar-refractivity contribution in [2.75, 3.05) is 26.6 Å². The normalized spacial score (nSPS) is 10.1. The summed E-state index contributed by atoms with van der Waals surface area (Å²) in [5, 5.41) is 0.750. The van der Waals surface area contributed by atoms with Crippen molar-refractivity contribution in [2.45, 2.75) is 11.6 Å². The monoisotopic (exact) mass is 214 g/mol. The largest absolute Gasteiger partial charge is 0.481 e. The molecule has 5 heteroatoms. The predicted octanol–water partition coefficient (Wildman–Crippen LogP) is 1.61. The highest BCUT2D eigenvalue weighted by molar-refractivity contribution is 7.99. The summed E-state index contributed by atoms with van der Waals surface area (Å²) in [6.07, 6.45) is 2.70. The van der Waals surface area contributed by atoms with Crippen LogP contribution in [0.5, 0.6) is 5.88 Å². The summed E-state index contributed by atoms with van der Waals surface area (Å²) >= 11 is 1.61. The number of methoxy groups -OCH3 is 2. The first-order valence-electron chi connectivity index (χ1n) is 4.35. The van der Waals surface area contributed by atoms with Gasteiger partial charge in [-0.15, -0.1) is 0 Å². The summed E-state index contributed by atoms with van der Waals surface area (Å²) in [6.45, 7) is 0.775. The van der Waals surface area contributed by atoms with Crippen LogP contribution in [0, 0.1) is 0 Å². The van der Waals surface area contributed by atoms with Gasteiger partial charge in [0.1, 0.15) is 0 Å². The van der Waals surface area contributed by atoms with Gasteiger partial charge in [0.15, 0.2) is 5.16 Å². The highest BCUT2D eigenvalue weighted by Gasteiger charge is 1.99. The summed E-state index contributed by atoms with van der Waals surface area (Å²) in [6, 6.07) is 1.74. The molecule has 0 amide bonds. The Kier molecular flexibility index (Phi) is 5.32. The number of rotatable bonds is 6. The van der Waals surface area contributed by atoms with E-state index >= 15 is 0 Å². The lowest BCUT2D eigenvalue weighted by molar-refractivity contribution is 0.200. The van der Waals surface area contributed by atoms with Gasteiger partial charge in [-0.1, -0.05) is 11.8 Å². The average Bonchev–Trinajstić information content (AvgIpc) is 2.25. The number of ether oxygens (including phenoxy) is 2. The SMILES string of the molecule is COCCCSc1nccc(OC)n1. The first kappa shape index (κ1) is 11.3. The Bertz CT molecular complexity index is 271. The lowest BCUT2D eigenvalue weighted by Gasteiger charge is -2.01. The van der Waals surface area contributed by atoms with Crippen molar-refractivity contribution in [1.29, 1.82) is 0 Å². The van der Waals surface area contributed by atoms with Crippen LogP contribution in [-0.4, -0.2) is 36.5 Å². The zero-order valence-corrected chi connectivity index (χ0v) is 9.21. The molecule has 1 aromatic heterocycles. The summed E-state index contributed by atoms with van der Waals surface area (Å²) in [5.74, 6) is 1.57. The van der Waals surface area contributed by atoms with Gasteiger partial charge in [-0.05, 0) is 6.42 Å². The minimum Gasteiger partial charge on any atom is -0.481 e. The molecule has 0 unspecified atom stereocenters. The molecular formula is C9H14N2O2S. The molecule has 0 fully saturated rings. The van der Waals surface area contributed by atoms with Crippen molar-refractivity contribution in [1.82, 2.24) is 9.97 Å². The smallest absolute Gasteiger partial charge is 0.216 e. The molecule has 0 bridgehead atoms. The van der Waals surface area contributed by atoms with E-state index < -0.39 is 0 Å². The van der Waals surface area contributed by atoms with Crippen molar-refractivity contribution in [3.63, 3.8) is 0 Å². The Labute approximate surface area is 88.0 Å². The van der Waals surface area contributed by atoms with E-state index in [1.807, 2.05) is 0 Å². The molecule has 1 heterocycles. The molecule has 0 spiro atoms. The molecule has 1 aromatic rings. The Morgan fingerprint density at radius 3 is 3.00 bits per heavy atom. The second-order valence-electron chi connectivity index (χ2n) is 2.58. The number of hydrogen-bond donors (Lipinski definition) is 0. The lowest BCUT2D eigenvalue weighted by atomic mass is 10.5. The maximum absolute atomic E-state index is 4.99. The van der Waals surface area contributed by atoms with Crippen LogP contribution < -0.4 is 4.74 Å². The zero-order chi connectivity index (χ0) is 10.2. The molecule has 0 atom stereocenters. The van der Waals surface area contributed by atoms with Gasteiger partial charge in [0.2, 0.25) is 5.88 Å². The van der Waals surface area contributed by atoms with Crippen LogP contribution in [0.4, 0.5) is 0 Å². The van der Waals surface area contributed by atoms with Gasteiger partial charge in [0.25, 0.3) is 0 Å². The third-order valence-corrected chi connectivity index (χ3v) is 2.49. The minimum atomic E-state index is 0.606. The molecule has 0 N–H and O–H groups in total. The molecule has 78 valence electrons. The van der Waals surface area contributed by atoms with E-state index in [2.05, 4.69) is 9.97 Å². The fraction of sp³-hybridized carbons (Fsp3) is 0.556.